The Hall–Kier alpha value is -2.89. The molecule has 1 heterocycles. The number of benzene rings is 2. The Labute approximate surface area is 171 Å². The summed E-state index contributed by atoms with van der Waals surface area (Å²) in [6.07, 6.45) is 1.82. The van der Waals surface area contributed by atoms with Crippen molar-refractivity contribution in [3.63, 3.8) is 0 Å². The summed E-state index contributed by atoms with van der Waals surface area (Å²) in [5.74, 6) is 0.311. The van der Waals surface area contributed by atoms with E-state index in [-0.39, 0.29) is 30.0 Å². The van der Waals surface area contributed by atoms with Gasteiger partial charge in [0.15, 0.2) is 0 Å². The molecule has 0 aromatic heterocycles. The van der Waals surface area contributed by atoms with E-state index in [4.69, 9.17) is 4.74 Å². The van der Waals surface area contributed by atoms with Gasteiger partial charge in [-0.2, -0.15) is 0 Å². The number of carbonyl (C=O) groups is 2. The van der Waals surface area contributed by atoms with E-state index in [1.807, 2.05) is 24.3 Å². The second-order valence-electron chi connectivity index (χ2n) is 7.52. The molecule has 1 atom stereocenters. The van der Waals surface area contributed by atoms with E-state index in [2.05, 4.69) is 0 Å². The topological polar surface area (TPSA) is 49.9 Å². The van der Waals surface area contributed by atoms with Gasteiger partial charge >= 0.3 is 0 Å². The number of hydrogen-bond donors (Lipinski definition) is 0. The fraction of sp³-hybridized carbons (Fsp3) is 0.391. The average Bonchev–Trinajstić information content (AvgIpc) is 2.75. The summed E-state index contributed by atoms with van der Waals surface area (Å²) in [7, 11) is 3.42. The molecule has 1 saturated heterocycles. The van der Waals surface area contributed by atoms with Crippen LogP contribution < -0.4 is 4.74 Å². The van der Waals surface area contributed by atoms with E-state index in [0.717, 1.165) is 29.7 Å². The van der Waals surface area contributed by atoms with Crippen LogP contribution in [0.2, 0.25) is 0 Å². The fourth-order valence-electron chi connectivity index (χ4n) is 3.69. The van der Waals surface area contributed by atoms with Crippen LogP contribution in [0.4, 0.5) is 4.39 Å². The van der Waals surface area contributed by atoms with E-state index < -0.39 is 0 Å². The molecule has 1 unspecified atom stereocenters. The van der Waals surface area contributed by atoms with E-state index >= 15 is 0 Å². The van der Waals surface area contributed by atoms with E-state index in [9.17, 15) is 14.0 Å². The molecule has 0 spiro atoms. The zero-order valence-corrected chi connectivity index (χ0v) is 16.9. The highest BCUT2D eigenvalue weighted by molar-refractivity contribution is 5.82. The minimum atomic E-state index is -0.315. The van der Waals surface area contributed by atoms with Crippen LogP contribution in [0.15, 0.2) is 48.5 Å². The van der Waals surface area contributed by atoms with Gasteiger partial charge in [0.1, 0.15) is 11.6 Å². The van der Waals surface area contributed by atoms with E-state index in [0.29, 0.717) is 19.6 Å². The van der Waals surface area contributed by atoms with Gasteiger partial charge in [-0.1, -0.05) is 24.3 Å². The van der Waals surface area contributed by atoms with Crippen LogP contribution in [-0.4, -0.2) is 48.9 Å². The van der Waals surface area contributed by atoms with Gasteiger partial charge in [-0.3, -0.25) is 9.59 Å². The lowest BCUT2D eigenvalue weighted by Gasteiger charge is -2.34. The molecule has 6 heteroatoms. The molecule has 1 aliphatic rings. The molecule has 0 radical (unpaired) electrons. The highest BCUT2D eigenvalue weighted by atomic mass is 19.1. The summed E-state index contributed by atoms with van der Waals surface area (Å²) < 4.78 is 18.2. The minimum absolute atomic E-state index is 0.0214. The smallest absolute Gasteiger partial charge is 0.227 e. The predicted molar refractivity (Wildman–Crippen MR) is 109 cm³/mol. The van der Waals surface area contributed by atoms with Crippen molar-refractivity contribution in [2.75, 3.05) is 27.2 Å². The normalized spacial score (nSPS) is 16.4. The Balaban J connectivity index is 1.56. The number of piperidine rings is 1. The molecule has 2 aromatic rings. The number of rotatable bonds is 6. The van der Waals surface area contributed by atoms with Gasteiger partial charge < -0.3 is 14.5 Å². The monoisotopic (exact) mass is 398 g/mol. The maximum Gasteiger partial charge on any atom is 0.227 e. The third kappa shape index (κ3) is 5.56. The second kappa shape index (κ2) is 9.54. The molecule has 3 rings (SSSR count). The third-order valence-electron chi connectivity index (χ3n) is 5.35. The first kappa shape index (κ1) is 20.8. The molecule has 29 heavy (non-hydrogen) atoms. The predicted octanol–water partition coefficient (Wildman–Crippen LogP) is 3.27. The molecule has 2 aromatic carbocycles. The number of likely N-dealkylation sites (tertiary alicyclic amines) is 1. The minimum Gasteiger partial charge on any atom is -0.497 e. The number of nitrogens with zero attached hydrogens (tertiary/aromatic N) is 2. The maximum atomic E-state index is 13.0. The molecule has 0 saturated carbocycles. The molecule has 0 N–H and O–H groups in total. The Kier molecular flexibility index (Phi) is 6.86. The maximum absolute atomic E-state index is 13.0. The molecule has 2 amide bonds. The first-order valence-electron chi connectivity index (χ1n) is 9.86. The highest BCUT2D eigenvalue weighted by Gasteiger charge is 2.30. The summed E-state index contributed by atoms with van der Waals surface area (Å²) in [5.41, 5.74) is 1.81. The Morgan fingerprint density at radius 1 is 1.10 bits per heavy atom. The van der Waals surface area contributed by atoms with Crippen LogP contribution in [0.5, 0.6) is 5.75 Å². The first-order chi connectivity index (χ1) is 14.0. The standard InChI is InChI=1S/C23H27FN2O3/c1-25(15-18-7-11-21(29-2)12-8-18)23(28)19-4-3-13-26(16-19)22(27)14-17-5-9-20(24)10-6-17/h5-12,19H,3-4,13-16H2,1-2H3. The molecule has 0 aliphatic carbocycles. The lowest BCUT2D eigenvalue weighted by atomic mass is 9.95. The van der Waals surface area contributed by atoms with Gasteiger partial charge in [0.2, 0.25) is 11.8 Å². The number of methoxy groups -OCH3 is 1. The van der Waals surface area contributed by atoms with Gasteiger partial charge in [-0.05, 0) is 48.2 Å². The number of hydrogen-bond acceptors (Lipinski definition) is 3. The molecular formula is C23H27FN2O3. The lowest BCUT2D eigenvalue weighted by molar-refractivity contribution is -0.140. The highest BCUT2D eigenvalue weighted by Crippen LogP contribution is 2.21. The largest absolute Gasteiger partial charge is 0.497 e. The van der Waals surface area contributed by atoms with Gasteiger partial charge in [-0.25, -0.2) is 4.39 Å². The van der Waals surface area contributed by atoms with Gasteiger partial charge in [0, 0.05) is 26.7 Å². The molecule has 1 aliphatic heterocycles. The van der Waals surface area contributed by atoms with Gasteiger partial charge in [0.05, 0.1) is 19.4 Å². The van der Waals surface area contributed by atoms with Crippen molar-refractivity contribution in [1.29, 1.82) is 0 Å². The molecule has 5 nitrogen and oxygen atoms in total. The van der Waals surface area contributed by atoms with Crippen molar-refractivity contribution in [3.8, 4) is 5.75 Å². The summed E-state index contributed by atoms with van der Waals surface area (Å²) in [4.78, 5) is 29.0. The fourth-order valence-corrected chi connectivity index (χ4v) is 3.69. The van der Waals surface area contributed by atoms with Crippen LogP contribution >= 0.6 is 0 Å². The van der Waals surface area contributed by atoms with Crippen molar-refractivity contribution in [1.82, 2.24) is 9.80 Å². The van der Waals surface area contributed by atoms with Crippen LogP contribution in [0.3, 0.4) is 0 Å². The first-order valence-corrected chi connectivity index (χ1v) is 9.86. The van der Waals surface area contributed by atoms with Crippen molar-refractivity contribution in [2.24, 2.45) is 5.92 Å². The summed E-state index contributed by atoms with van der Waals surface area (Å²) in [5, 5.41) is 0. The molecule has 0 bridgehead atoms. The van der Waals surface area contributed by atoms with E-state index in [1.165, 1.54) is 12.1 Å². The summed E-state index contributed by atoms with van der Waals surface area (Å²) >= 11 is 0. The number of carbonyl (C=O) groups excluding carboxylic acids is 2. The second-order valence-corrected chi connectivity index (χ2v) is 7.52. The SMILES string of the molecule is COc1ccc(CN(C)C(=O)C2CCCN(C(=O)Cc3ccc(F)cc3)C2)cc1. The summed E-state index contributed by atoms with van der Waals surface area (Å²) in [6, 6.07) is 13.6. The zero-order chi connectivity index (χ0) is 20.8. The quantitative estimate of drug-likeness (QED) is 0.750. The average molecular weight is 398 g/mol. The Morgan fingerprint density at radius 3 is 2.41 bits per heavy atom. The molecule has 154 valence electrons. The van der Waals surface area contributed by atoms with Crippen LogP contribution in [0.25, 0.3) is 0 Å². The van der Waals surface area contributed by atoms with Gasteiger partial charge in [-0.15, -0.1) is 0 Å². The van der Waals surface area contributed by atoms with Crippen molar-refractivity contribution >= 4 is 11.8 Å². The Bertz CT molecular complexity index is 836. The van der Waals surface area contributed by atoms with Crippen LogP contribution in [0, 0.1) is 11.7 Å². The van der Waals surface area contributed by atoms with Crippen LogP contribution in [0.1, 0.15) is 24.0 Å². The van der Waals surface area contributed by atoms with Crippen molar-refractivity contribution in [3.05, 3.63) is 65.5 Å². The molecule has 1 fully saturated rings. The van der Waals surface area contributed by atoms with Gasteiger partial charge in [0.25, 0.3) is 0 Å². The number of ether oxygens (including phenoxy) is 1. The van der Waals surface area contributed by atoms with Crippen LogP contribution in [-0.2, 0) is 22.6 Å². The molecular weight excluding hydrogens is 371 g/mol. The summed E-state index contributed by atoms with van der Waals surface area (Å²) in [6.45, 7) is 1.61. The lowest BCUT2D eigenvalue weighted by Crippen LogP contribution is -2.46. The number of halogens is 1. The zero-order valence-electron chi connectivity index (χ0n) is 16.9. The van der Waals surface area contributed by atoms with Crippen molar-refractivity contribution < 1.29 is 18.7 Å². The third-order valence-corrected chi connectivity index (χ3v) is 5.35. The Morgan fingerprint density at radius 2 is 1.76 bits per heavy atom. The van der Waals surface area contributed by atoms with Crippen molar-refractivity contribution in [2.45, 2.75) is 25.8 Å². The van der Waals surface area contributed by atoms with E-state index in [1.54, 1.807) is 36.1 Å². The number of amides is 2.